The van der Waals surface area contributed by atoms with E-state index in [1.807, 2.05) is 47.0 Å². The third kappa shape index (κ3) is 4.79. The van der Waals surface area contributed by atoms with Gasteiger partial charge in [-0.2, -0.15) is 0 Å². The highest BCUT2D eigenvalue weighted by Crippen LogP contribution is 2.35. The van der Waals surface area contributed by atoms with Crippen molar-refractivity contribution in [3.8, 4) is 22.8 Å². The SMILES string of the molecule is COc1cc(C2CCN(CCF)CC2)ccc1Nc1ncc2ccc(-c3ccccc3OC)n2n1. The lowest BCUT2D eigenvalue weighted by atomic mass is 9.89. The number of alkyl halides is 1. The van der Waals surface area contributed by atoms with Crippen LogP contribution >= 0.6 is 0 Å². The summed E-state index contributed by atoms with van der Waals surface area (Å²) in [5.41, 5.74) is 4.81. The summed E-state index contributed by atoms with van der Waals surface area (Å²) >= 11 is 0. The third-order valence-corrected chi connectivity index (χ3v) is 6.71. The van der Waals surface area contributed by atoms with Gasteiger partial charge in [0, 0.05) is 12.1 Å². The van der Waals surface area contributed by atoms with Crippen molar-refractivity contribution in [2.75, 3.05) is 45.8 Å². The molecule has 0 amide bonds. The highest BCUT2D eigenvalue weighted by Gasteiger charge is 2.21. The fraction of sp³-hybridized carbons (Fsp3) is 0.333. The van der Waals surface area contributed by atoms with Gasteiger partial charge in [0.25, 0.3) is 0 Å². The monoisotopic (exact) mass is 475 g/mol. The van der Waals surface area contributed by atoms with Crippen molar-refractivity contribution >= 4 is 17.2 Å². The Labute approximate surface area is 204 Å². The number of ether oxygens (including phenoxy) is 2. The molecular formula is C27H30FN5O2. The zero-order valence-corrected chi connectivity index (χ0v) is 20.1. The molecule has 0 atom stereocenters. The molecule has 0 bridgehead atoms. The van der Waals surface area contributed by atoms with E-state index in [2.05, 4.69) is 27.3 Å². The minimum atomic E-state index is -0.282. The van der Waals surface area contributed by atoms with Crippen molar-refractivity contribution in [2.45, 2.75) is 18.8 Å². The van der Waals surface area contributed by atoms with E-state index in [0.29, 0.717) is 18.4 Å². The molecule has 1 N–H and O–H groups in total. The minimum absolute atomic E-state index is 0.282. The van der Waals surface area contributed by atoms with E-state index in [1.54, 1.807) is 20.4 Å². The van der Waals surface area contributed by atoms with Gasteiger partial charge >= 0.3 is 0 Å². The first-order valence-corrected chi connectivity index (χ1v) is 11.9. The van der Waals surface area contributed by atoms with Crippen LogP contribution in [0.2, 0.25) is 0 Å². The Bertz CT molecular complexity index is 1300. The van der Waals surface area contributed by atoms with Crippen molar-refractivity contribution in [2.24, 2.45) is 0 Å². The molecule has 182 valence electrons. The maximum atomic E-state index is 12.6. The molecule has 0 radical (unpaired) electrons. The molecule has 1 fully saturated rings. The Kier molecular flexibility index (Phi) is 6.81. The van der Waals surface area contributed by atoms with Crippen LogP contribution in [0.25, 0.3) is 16.8 Å². The molecule has 3 heterocycles. The van der Waals surface area contributed by atoms with Crippen molar-refractivity contribution in [1.82, 2.24) is 19.5 Å². The fourth-order valence-electron chi connectivity index (χ4n) is 4.81. The number of likely N-dealkylation sites (tertiary alicyclic amines) is 1. The second-order valence-electron chi connectivity index (χ2n) is 8.73. The molecule has 1 aliphatic heterocycles. The van der Waals surface area contributed by atoms with Crippen LogP contribution in [0.4, 0.5) is 16.0 Å². The van der Waals surface area contributed by atoms with Crippen LogP contribution in [0.1, 0.15) is 24.3 Å². The fourth-order valence-corrected chi connectivity index (χ4v) is 4.81. The molecule has 5 rings (SSSR count). The number of rotatable bonds is 8. The Balaban J connectivity index is 1.39. The van der Waals surface area contributed by atoms with Gasteiger partial charge in [0.05, 0.1) is 37.3 Å². The number of fused-ring (bicyclic) bond motifs is 1. The van der Waals surface area contributed by atoms with Crippen LogP contribution in [-0.2, 0) is 0 Å². The molecule has 2 aromatic heterocycles. The number of aromatic nitrogens is 3. The van der Waals surface area contributed by atoms with E-state index in [4.69, 9.17) is 14.6 Å². The summed E-state index contributed by atoms with van der Waals surface area (Å²) < 4.78 is 25.8. The summed E-state index contributed by atoms with van der Waals surface area (Å²) in [6.45, 7) is 2.10. The van der Waals surface area contributed by atoms with Crippen LogP contribution in [-0.4, -0.2) is 60.0 Å². The minimum Gasteiger partial charge on any atom is -0.496 e. The number of para-hydroxylation sites is 1. The van der Waals surface area contributed by atoms with E-state index < -0.39 is 0 Å². The molecule has 4 aromatic rings. The van der Waals surface area contributed by atoms with Crippen molar-refractivity contribution in [3.63, 3.8) is 0 Å². The molecule has 0 saturated carbocycles. The van der Waals surface area contributed by atoms with E-state index in [-0.39, 0.29) is 6.67 Å². The Morgan fingerprint density at radius 3 is 2.57 bits per heavy atom. The number of piperidine rings is 1. The smallest absolute Gasteiger partial charge is 0.245 e. The number of nitrogens with one attached hydrogen (secondary N) is 1. The molecule has 0 aliphatic carbocycles. The van der Waals surface area contributed by atoms with Gasteiger partial charge in [-0.25, -0.2) is 13.9 Å². The van der Waals surface area contributed by atoms with Crippen LogP contribution in [0.15, 0.2) is 60.8 Å². The van der Waals surface area contributed by atoms with Crippen LogP contribution in [0.5, 0.6) is 11.5 Å². The van der Waals surface area contributed by atoms with E-state index in [9.17, 15) is 4.39 Å². The number of halogens is 1. The summed E-state index contributed by atoms with van der Waals surface area (Å²) in [7, 11) is 3.34. The summed E-state index contributed by atoms with van der Waals surface area (Å²) in [4.78, 5) is 6.69. The zero-order chi connectivity index (χ0) is 24.2. The van der Waals surface area contributed by atoms with Gasteiger partial charge in [0.15, 0.2) is 0 Å². The predicted octanol–water partition coefficient (Wildman–Crippen LogP) is 5.31. The number of hydrogen-bond donors (Lipinski definition) is 1. The number of nitrogens with zero attached hydrogens (tertiary/aromatic N) is 4. The maximum Gasteiger partial charge on any atom is 0.245 e. The highest BCUT2D eigenvalue weighted by molar-refractivity contribution is 5.72. The average molecular weight is 476 g/mol. The molecule has 1 saturated heterocycles. The van der Waals surface area contributed by atoms with E-state index in [1.165, 1.54) is 5.56 Å². The summed E-state index contributed by atoms with van der Waals surface area (Å²) in [6, 6.07) is 18.1. The molecule has 2 aromatic carbocycles. The molecule has 1 aliphatic rings. The van der Waals surface area contributed by atoms with Crippen molar-refractivity contribution < 1.29 is 13.9 Å². The number of benzene rings is 2. The summed E-state index contributed by atoms with van der Waals surface area (Å²) in [5.74, 6) is 2.45. The first-order chi connectivity index (χ1) is 17.2. The largest absolute Gasteiger partial charge is 0.496 e. The van der Waals surface area contributed by atoms with Gasteiger partial charge < -0.3 is 19.7 Å². The average Bonchev–Trinajstić information content (AvgIpc) is 3.32. The van der Waals surface area contributed by atoms with Crippen molar-refractivity contribution in [1.29, 1.82) is 0 Å². The van der Waals surface area contributed by atoms with E-state index >= 15 is 0 Å². The Morgan fingerprint density at radius 1 is 1.00 bits per heavy atom. The van der Waals surface area contributed by atoms with Gasteiger partial charge in [-0.15, -0.1) is 5.10 Å². The lowest BCUT2D eigenvalue weighted by Crippen LogP contribution is -2.34. The quantitative estimate of drug-likeness (QED) is 0.373. The first kappa shape index (κ1) is 23.1. The lowest BCUT2D eigenvalue weighted by molar-refractivity contribution is 0.197. The van der Waals surface area contributed by atoms with Crippen LogP contribution in [0.3, 0.4) is 0 Å². The second kappa shape index (κ2) is 10.3. The number of anilines is 2. The number of hydrogen-bond acceptors (Lipinski definition) is 6. The van der Waals surface area contributed by atoms with Gasteiger partial charge in [-0.05, 0) is 73.8 Å². The van der Waals surface area contributed by atoms with Crippen molar-refractivity contribution in [3.05, 3.63) is 66.4 Å². The van der Waals surface area contributed by atoms with Crippen LogP contribution in [0, 0.1) is 0 Å². The molecule has 35 heavy (non-hydrogen) atoms. The van der Waals surface area contributed by atoms with Gasteiger partial charge in [0.2, 0.25) is 5.95 Å². The zero-order valence-electron chi connectivity index (χ0n) is 20.1. The molecule has 0 unspecified atom stereocenters. The first-order valence-electron chi connectivity index (χ1n) is 11.9. The number of methoxy groups -OCH3 is 2. The highest BCUT2D eigenvalue weighted by atomic mass is 19.1. The second-order valence-corrected chi connectivity index (χ2v) is 8.73. The van der Waals surface area contributed by atoms with Gasteiger partial charge in [-0.3, -0.25) is 0 Å². The van der Waals surface area contributed by atoms with Gasteiger partial charge in [-0.1, -0.05) is 18.2 Å². The Morgan fingerprint density at radius 2 is 1.80 bits per heavy atom. The standard InChI is InChI=1S/C27H30FN5O2/c1-34-25-6-4-3-5-22(25)24-10-8-21-18-29-27(31-33(21)24)30-23-9-7-20(17-26(23)35-2)19-11-14-32(15-12-19)16-13-28/h3-10,17-19H,11-16H2,1-2H3,(H,30,31). The Hall–Kier alpha value is -3.65. The summed E-state index contributed by atoms with van der Waals surface area (Å²) in [5, 5.41) is 8.06. The molecular weight excluding hydrogens is 445 g/mol. The molecule has 8 heteroatoms. The topological polar surface area (TPSA) is 63.9 Å². The van der Waals surface area contributed by atoms with Gasteiger partial charge in [0.1, 0.15) is 18.2 Å². The molecule has 0 spiro atoms. The molecule has 7 nitrogen and oxygen atoms in total. The maximum absolute atomic E-state index is 12.6. The predicted molar refractivity (Wildman–Crippen MR) is 136 cm³/mol. The van der Waals surface area contributed by atoms with Crippen LogP contribution < -0.4 is 14.8 Å². The normalized spacial score (nSPS) is 14.8. The lowest BCUT2D eigenvalue weighted by Gasteiger charge is -2.31. The third-order valence-electron chi connectivity index (χ3n) is 6.71. The van der Waals surface area contributed by atoms with E-state index in [0.717, 1.165) is 59.9 Å². The summed E-state index contributed by atoms with van der Waals surface area (Å²) in [6.07, 6.45) is 3.84.